The van der Waals surface area contributed by atoms with Crippen LogP contribution < -0.4 is 21.1 Å². The Labute approximate surface area is 186 Å². The monoisotopic (exact) mass is 468 g/mol. The summed E-state index contributed by atoms with van der Waals surface area (Å²) >= 11 is 0. The van der Waals surface area contributed by atoms with Gasteiger partial charge in [-0.1, -0.05) is 13.3 Å². The first-order valence-electron chi connectivity index (χ1n) is 10.3. The van der Waals surface area contributed by atoms with Crippen LogP contribution >= 0.6 is 0 Å². The Morgan fingerprint density at radius 3 is 2.52 bits per heavy atom. The third kappa shape index (κ3) is 5.11. The number of aromatic nitrogens is 1. The molecule has 1 unspecified atom stereocenters. The topological polar surface area (TPSA) is 124 Å². The van der Waals surface area contributed by atoms with E-state index in [9.17, 15) is 37.8 Å². The van der Waals surface area contributed by atoms with Crippen molar-refractivity contribution in [1.82, 2.24) is 15.3 Å². The number of carbonyl (C=O) groups excluding carboxylic acids is 2. The average molecular weight is 468 g/mol. The van der Waals surface area contributed by atoms with Gasteiger partial charge in [0.15, 0.2) is 11.4 Å². The van der Waals surface area contributed by atoms with Crippen LogP contribution in [0.5, 0.6) is 5.75 Å². The molecule has 12 heteroatoms. The number of carbonyl (C=O) groups is 2. The molecule has 1 aliphatic rings. The number of aromatic hydroxyl groups is 1. The Bertz CT molecular complexity index is 1110. The van der Waals surface area contributed by atoms with Gasteiger partial charge in [-0.15, -0.1) is 0 Å². The number of aliphatic hydroxyl groups is 1. The van der Waals surface area contributed by atoms with E-state index in [0.717, 1.165) is 17.3 Å². The van der Waals surface area contributed by atoms with Crippen molar-refractivity contribution >= 4 is 11.8 Å². The van der Waals surface area contributed by atoms with Gasteiger partial charge in [0, 0.05) is 37.0 Å². The molecule has 1 aliphatic heterocycles. The zero-order chi connectivity index (χ0) is 24.3. The minimum atomic E-state index is -1.22. The lowest BCUT2D eigenvalue weighted by molar-refractivity contribution is 0.0906. The van der Waals surface area contributed by atoms with E-state index in [1.54, 1.807) is 0 Å². The SMILES string of the molecule is CCCC(O)CCN1CNC(=O)c2c(O)c(=O)c(C(=O)NCc3c(F)cc(F)cc3F)cn21. The second-order valence-corrected chi connectivity index (χ2v) is 7.57. The average Bonchev–Trinajstić information content (AvgIpc) is 2.74. The van der Waals surface area contributed by atoms with Crippen LogP contribution in [0.25, 0.3) is 0 Å². The van der Waals surface area contributed by atoms with Gasteiger partial charge in [-0.25, -0.2) is 13.2 Å². The number of hydrogen-bond acceptors (Lipinski definition) is 6. The maximum absolute atomic E-state index is 13.8. The van der Waals surface area contributed by atoms with Gasteiger partial charge in [-0.05, 0) is 12.8 Å². The summed E-state index contributed by atoms with van der Waals surface area (Å²) in [6.07, 6.45) is 2.08. The van der Waals surface area contributed by atoms with Crippen LogP contribution in [0.15, 0.2) is 23.1 Å². The fraction of sp³-hybridized carbons (Fsp3) is 0.381. The summed E-state index contributed by atoms with van der Waals surface area (Å²) in [6, 6.07) is 0.904. The molecule has 0 aliphatic carbocycles. The van der Waals surface area contributed by atoms with Crippen LogP contribution in [0.4, 0.5) is 13.2 Å². The van der Waals surface area contributed by atoms with Gasteiger partial charge >= 0.3 is 0 Å². The molecule has 0 saturated heterocycles. The zero-order valence-electron chi connectivity index (χ0n) is 17.7. The number of nitrogens with one attached hydrogen (secondary N) is 2. The second-order valence-electron chi connectivity index (χ2n) is 7.57. The smallest absolute Gasteiger partial charge is 0.275 e. The Balaban J connectivity index is 1.88. The van der Waals surface area contributed by atoms with E-state index in [4.69, 9.17) is 0 Å². The van der Waals surface area contributed by atoms with Crippen LogP contribution in [-0.4, -0.2) is 46.0 Å². The second kappa shape index (κ2) is 9.94. The molecule has 2 amide bonds. The number of hydrogen-bond donors (Lipinski definition) is 4. The van der Waals surface area contributed by atoms with E-state index < -0.39 is 64.2 Å². The lowest BCUT2D eigenvalue weighted by atomic mass is 10.1. The van der Waals surface area contributed by atoms with Gasteiger partial charge < -0.3 is 20.8 Å². The molecule has 1 atom stereocenters. The standard InChI is InChI=1S/C21H23F3N4O5/c1-2-3-12(29)4-5-27-10-26-21(33)17-19(31)18(30)14(9-28(17)27)20(32)25-8-13-15(23)6-11(22)7-16(13)24/h6-7,9,12,29,31H,2-5,8,10H2,1H3,(H,25,32)(H,26,33). The molecule has 178 valence electrons. The third-order valence-electron chi connectivity index (χ3n) is 5.22. The van der Waals surface area contributed by atoms with E-state index in [1.807, 2.05) is 6.92 Å². The van der Waals surface area contributed by atoms with Crippen molar-refractivity contribution in [2.75, 3.05) is 18.2 Å². The molecule has 2 aromatic rings. The van der Waals surface area contributed by atoms with E-state index in [-0.39, 0.29) is 18.9 Å². The molecule has 0 bridgehead atoms. The highest BCUT2D eigenvalue weighted by Gasteiger charge is 2.30. The minimum Gasteiger partial charge on any atom is -0.502 e. The van der Waals surface area contributed by atoms with Crippen molar-refractivity contribution in [2.24, 2.45) is 0 Å². The molecule has 0 saturated carbocycles. The Hall–Kier alpha value is -3.54. The van der Waals surface area contributed by atoms with E-state index in [2.05, 4.69) is 10.6 Å². The zero-order valence-corrected chi connectivity index (χ0v) is 17.7. The summed E-state index contributed by atoms with van der Waals surface area (Å²) in [5, 5.41) is 26.5. The molecular formula is C21H23F3N4O5. The van der Waals surface area contributed by atoms with E-state index in [0.29, 0.717) is 25.0 Å². The van der Waals surface area contributed by atoms with Crippen molar-refractivity contribution in [1.29, 1.82) is 0 Å². The molecule has 0 spiro atoms. The molecule has 4 N–H and O–H groups in total. The van der Waals surface area contributed by atoms with Gasteiger partial charge in [0.05, 0.1) is 6.10 Å². The maximum Gasteiger partial charge on any atom is 0.275 e. The number of fused-ring (bicyclic) bond motifs is 1. The number of nitrogens with zero attached hydrogens (tertiary/aromatic N) is 2. The van der Waals surface area contributed by atoms with Crippen molar-refractivity contribution in [2.45, 2.75) is 38.8 Å². The first-order chi connectivity index (χ1) is 15.6. The van der Waals surface area contributed by atoms with Crippen LogP contribution in [0, 0.1) is 17.5 Å². The Morgan fingerprint density at radius 2 is 1.88 bits per heavy atom. The van der Waals surface area contributed by atoms with Crippen molar-refractivity contribution in [3.8, 4) is 5.75 Å². The highest BCUT2D eigenvalue weighted by Crippen LogP contribution is 2.18. The highest BCUT2D eigenvalue weighted by atomic mass is 19.1. The number of aliphatic hydroxyl groups excluding tert-OH is 1. The summed E-state index contributed by atoms with van der Waals surface area (Å²) in [4.78, 5) is 37.3. The Kier molecular flexibility index (Phi) is 7.26. The third-order valence-corrected chi connectivity index (χ3v) is 5.22. The summed E-state index contributed by atoms with van der Waals surface area (Å²) in [5.74, 6) is -6.33. The number of amides is 2. The summed E-state index contributed by atoms with van der Waals surface area (Å²) in [7, 11) is 0. The normalized spacial score (nSPS) is 14.0. The van der Waals surface area contributed by atoms with Crippen LogP contribution in [-0.2, 0) is 6.54 Å². The maximum atomic E-state index is 13.8. The minimum absolute atomic E-state index is 0.0138. The van der Waals surface area contributed by atoms with E-state index >= 15 is 0 Å². The highest BCUT2D eigenvalue weighted by molar-refractivity contribution is 5.99. The summed E-state index contributed by atoms with van der Waals surface area (Å²) in [5.41, 5.74) is -2.73. The molecule has 2 heterocycles. The van der Waals surface area contributed by atoms with Crippen molar-refractivity contribution in [3.63, 3.8) is 0 Å². The van der Waals surface area contributed by atoms with E-state index in [1.165, 1.54) is 5.01 Å². The Morgan fingerprint density at radius 1 is 1.21 bits per heavy atom. The molecule has 0 fully saturated rings. The van der Waals surface area contributed by atoms with Crippen molar-refractivity contribution < 1.29 is 33.0 Å². The number of halogens is 3. The van der Waals surface area contributed by atoms with Crippen molar-refractivity contribution in [3.05, 3.63) is 62.8 Å². The fourth-order valence-electron chi connectivity index (χ4n) is 3.48. The van der Waals surface area contributed by atoms with Crippen LogP contribution in [0.2, 0.25) is 0 Å². The molecule has 33 heavy (non-hydrogen) atoms. The van der Waals surface area contributed by atoms with Gasteiger partial charge in [0.1, 0.15) is 29.7 Å². The molecule has 0 radical (unpaired) electrons. The first kappa shape index (κ1) is 24.1. The predicted molar refractivity (Wildman–Crippen MR) is 111 cm³/mol. The summed E-state index contributed by atoms with van der Waals surface area (Å²) in [6.45, 7) is 1.44. The molecular weight excluding hydrogens is 445 g/mol. The fourth-order valence-corrected chi connectivity index (χ4v) is 3.48. The lowest BCUT2D eigenvalue weighted by Gasteiger charge is -2.34. The van der Waals surface area contributed by atoms with Crippen LogP contribution in [0.3, 0.4) is 0 Å². The lowest BCUT2D eigenvalue weighted by Crippen LogP contribution is -2.53. The molecule has 3 rings (SSSR count). The number of pyridine rings is 1. The number of benzene rings is 1. The van der Waals surface area contributed by atoms with Gasteiger partial charge in [0.2, 0.25) is 5.43 Å². The predicted octanol–water partition coefficient (Wildman–Crippen LogP) is 1.09. The molecule has 9 nitrogen and oxygen atoms in total. The van der Waals surface area contributed by atoms with Gasteiger partial charge in [-0.3, -0.25) is 24.1 Å². The van der Waals surface area contributed by atoms with Crippen LogP contribution in [0.1, 0.15) is 52.6 Å². The first-order valence-corrected chi connectivity index (χ1v) is 10.3. The van der Waals surface area contributed by atoms with Gasteiger partial charge in [-0.2, -0.15) is 0 Å². The summed E-state index contributed by atoms with van der Waals surface area (Å²) < 4.78 is 41.8. The number of rotatable bonds is 8. The van der Waals surface area contributed by atoms with Gasteiger partial charge in [0.25, 0.3) is 11.8 Å². The molecule has 1 aromatic carbocycles. The largest absolute Gasteiger partial charge is 0.502 e. The molecule has 1 aromatic heterocycles. The quantitative estimate of drug-likeness (QED) is 0.460.